The topological polar surface area (TPSA) is 58.6 Å². The molecule has 0 aliphatic carbocycles. The van der Waals surface area contributed by atoms with Crippen LogP contribution in [-0.4, -0.2) is 43.5 Å². The van der Waals surface area contributed by atoms with Crippen molar-refractivity contribution in [1.82, 2.24) is 10.2 Å². The molecule has 0 unspecified atom stereocenters. The molecule has 96 valence electrons. The summed E-state index contributed by atoms with van der Waals surface area (Å²) in [5.74, 6) is -0.341. The van der Waals surface area contributed by atoms with E-state index in [1.54, 1.807) is 19.0 Å². The van der Waals surface area contributed by atoms with Crippen molar-refractivity contribution in [2.24, 2.45) is 0 Å². The SMILES string of the molecule is CNC(=O)[C@@H]1OCC(=O)N(C)[C@@H]1c1ccccc1. The van der Waals surface area contributed by atoms with E-state index in [2.05, 4.69) is 5.32 Å². The monoisotopic (exact) mass is 248 g/mol. The highest BCUT2D eigenvalue weighted by molar-refractivity contribution is 5.86. The summed E-state index contributed by atoms with van der Waals surface area (Å²) in [4.78, 5) is 25.1. The lowest BCUT2D eigenvalue weighted by atomic mass is 9.98. The molecule has 0 saturated carbocycles. The third kappa shape index (κ3) is 2.22. The van der Waals surface area contributed by atoms with Crippen LogP contribution in [0, 0.1) is 0 Å². The zero-order valence-electron chi connectivity index (χ0n) is 10.4. The molecule has 2 amide bonds. The molecule has 0 spiro atoms. The third-order valence-corrected chi connectivity index (χ3v) is 3.13. The largest absolute Gasteiger partial charge is 0.357 e. The summed E-state index contributed by atoms with van der Waals surface area (Å²) in [6, 6.07) is 9.04. The lowest BCUT2D eigenvalue weighted by Crippen LogP contribution is -2.52. The predicted octanol–water partition coefficient (Wildman–Crippen LogP) is 0.331. The predicted molar refractivity (Wildman–Crippen MR) is 65.8 cm³/mol. The molecule has 2 atom stereocenters. The van der Waals surface area contributed by atoms with E-state index in [4.69, 9.17) is 4.74 Å². The van der Waals surface area contributed by atoms with Crippen molar-refractivity contribution in [1.29, 1.82) is 0 Å². The van der Waals surface area contributed by atoms with E-state index in [1.165, 1.54) is 0 Å². The molecule has 1 N–H and O–H groups in total. The van der Waals surface area contributed by atoms with E-state index in [1.807, 2.05) is 30.3 Å². The van der Waals surface area contributed by atoms with E-state index in [0.29, 0.717) is 0 Å². The Bertz CT molecular complexity index is 447. The molecule has 0 bridgehead atoms. The second-order valence-corrected chi connectivity index (χ2v) is 4.21. The molecular weight excluding hydrogens is 232 g/mol. The van der Waals surface area contributed by atoms with E-state index in [-0.39, 0.29) is 24.5 Å². The number of nitrogens with zero attached hydrogens (tertiary/aromatic N) is 1. The number of hydrogen-bond donors (Lipinski definition) is 1. The van der Waals surface area contributed by atoms with Crippen molar-refractivity contribution in [3.8, 4) is 0 Å². The number of amides is 2. The second-order valence-electron chi connectivity index (χ2n) is 4.21. The van der Waals surface area contributed by atoms with Crippen molar-refractivity contribution in [2.45, 2.75) is 12.1 Å². The molecule has 1 saturated heterocycles. The van der Waals surface area contributed by atoms with Crippen molar-refractivity contribution >= 4 is 11.8 Å². The number of ether oxygens (including phenoxy) is 1. The van der Waals surface area contributed by atoms with Gasteiger partial charge in [0.1, 0.15) is 6.61 Å². The van der Waals surface area contributed by atoms with E-state index in [9.17, 15) is 9.59 Å². The van der Waals surface area contributed by atoms with Crippen LogP contribution in [0.5, 0.6) is 0 Å². The molecule has 1 aliphatic heterocycles. The molecule has 0 aromatic heterocycles. The number of nitrogens with one attached hydrogen (secondary N) is 1. The van der Waals surface area contributed by atoms with Gasteiger partial charge in [-0.15, -0.1) is 0 Å². The van der Waals surface area contributed by atoms with Gasteiger partial charge in [-0.25, -0.2) is 0 Å². The molecule has 1 heterocycles. The first kappa shape index (κ1) is 12.6. The van der Waals surface area contributed by atoms with Crippen LogP contribution in [0.2, 0.25) is 0 Å². The standard InChI is InChI=1S/C13H16N2O3/c1-14-13(17)12-11(9-6-4-3-5-7-9)15(2)10(16)8-18-12/h3-7,11-12H,8H2,1-2H3,(H,14,17)/t11-,12-/m1/s1. The summed E-state index contributed by atoms with van der Waals surface area (Å²) in [6.45, 7) is -0.0576. The van der Waals surface area contributed by atoms with Crippen LogP contribution in [0.3, 0.4) is 0 Å². The first-order valence-corrected chi connectivity index (χ1v) is 5.79. The number of morpholine rings is 1. The Balaban J connectivity index is 2.35. The fourth-order valence-corrected chi connectivity index (χ4v) is 2.12. The summed E-state index contributed by atoms with van der Waals surface area (Å²) in [5.41, 5.74) is 0.890. The van der Waals surface area contributed by atoms with Gasteiger partial charge in [-0.3, -0.25) is 9.59 Å². The molecule has 5 heteroatoms. The van der Waals surface area contributed by atoms with Crippen molar-refractivity contribution in [3.63, 3.8) is 0 Å². The van der Waals surface area contributed by atoms with Crippen molar-refractivity contribution in [3.05, 3.63) is 35.9 Å². The molecule has 1 aliphatic rings. The number of benzene rings is 1. The van der Waals surface area contributed by atoms with E-state index >= 15 is 0 Å². The normalized spacial score (nSPS) is 23.9. The van der Waals surface area contributed by atoms with Crippen LogP contribution in [0.4, 0.5) is 0 Å². The number of carbonyl (C=O) groups excluding carboxylic acids is 2. The number of likely N-dealkylation sites (N-methyl/N-ethyl adjacent to an activating group) is 2. The second kappa shape index (κ2) is 5.18. The highest BCUT2D eigenvalue weighted by Crippen LogP contribution is 2.28. The molecule has 1 fully saturated rings. The molecule has 1 aromatic rings. The molecule has 0 radical (unpaired) electrons. The minimum atomic E-state index is -0.667. The maximum atomic E-state index is 11.8. The summed E-state index contributed by atoms with van der Waals surface area (Å²) in [6.07, 6.45) is -0.667. The molecule has 5 nitrogen and oxygen atoms in total. The Morgan fingerprint density at radius 3 is 2.67 bits per heavy atom. The van der Waals surface area contributed by atoms with Crippen molar-refractivity contribution < 1.29 is 14.3 Å². The molecule has 1 aromatic carbocycles. The number of rotatable bonds is 2. The van der Waals surface area contributed by atoms with Crippen LogP contribution < -0.4 is 5.32 Å². The minimum Gasteiger partial charge on any atom is -0.357 e. The van der Waals surface area contributed by atoms with Crippen molar-refractivity contribution in [2.75, 3.05) is 20.7 Å². The minimum absolute atomic E-state index is 0.0576. The van der Waals surface area contributed by atoms with Gasteiger partial charge < -0.3 is 15.0 Å². The quantitative estimate of drug-likeness (QED) is 0.820. The van der Waals surface area contributed by atoms with Gasteiger partial charge in [-0.2, -0.15) is 0 Å². The lowest BCUT2D eigenvalue weighted by Gasteiger charge is -2.38. The van der Waals surface area contributed by atoms with Crippen LogP contribution in [0.1, 0.15) is 11.6 Å². The summed E-state index contributed by atoms with van der Waals surface area (Å²) < 4.78 is 5.38. The van der Waals surface area contributed by atoms with E-state index in [0.717, 1.165) is 5.56 Å². The summed E-state index contributed by atoms with van der Waals surface area (Å²) in [5, 5.41) is 2.57. The Kier molecular flexibility index (Phi) is 3.62. The molecular formula is C13H16N2O3. The maximum absolute atomic E-state index is 11.8. The Labute approximate surface area is 106 Å². The zero-order valence-corrected chi connectivity index (χ0v) is 10.4. The smallest absolute Gasteiger partial charge is 0.251 e. The Hall–Kier alpha value is -1.88. The fourth-order valence-electron chi connectivity index (χ4n) is 2.12. The molecule has 2 rings (SSSR count). The first-order valence-electron chi connectivity index (χ1n) is 5.79. The lowest BCUT2D eigenvalue weighted by molar-refractivity contribution is -0.161. The average Bonchev–Trinajstić information content (AvgIpc) is 2.41. The average molecular weight is 248 g/mol. The first-order chi connectivity index (χ1) is 8.65. The maximum Gasteiger partial charge on any atom is 0.251 e. The van der Waals surface area contributed by atoms with Crippen LogP contribution in [0.25, 0.3) is 0 Å². The fraction of sp³-hybridized carbons (Fsp3) is 0.385. The van der Waals surface area contributed by atoms with Gasteiger partial charge in [-0.05, 0) is 5.56 Å². The Morgan fingerprint density at radius 1 is 1.39 bits per heavy atom. The van der Waals surface area contributed by atoms with Crippen LogP contribution in [-0.2, 0) is 14.3 Å². The van der Waals surface area contributed by atoms with Crippen LogP contribution in [0.15, 0.2) is 30.3 Å². The van der Waals surface area contributed by atoms with Gasteiger partial charge in [-0.1, -0.05) is 30.3 Å². The van der Waals surface area contributed by atoms with Gasteiger partial charge in [0, 0.05) is 14.1 Å². The van der Waals surface area contributed by atoms with Gasteiger partial charge >= 0.3 is 0 Å². The van der Waals surface area contributed by atoms with Crippen LogP contribution >= 0.6 is 0 Å². The van der Waals surface area contributed by atoms with Gasteiger partial charge in [0.05, 0.1) is 6.04 Å². The summed E-state index contributed by atoms with van der Waals surface area (Å²) >= 11 is 0. The molecule has 18 heavy (non-hydrogen) atoms. The Morgan fingerprint density at radius 2 is 2.06 bits per heavy atom. The van der Waals surface area contributed by atoms with E-state index < -0.39 is 6.10 Å². The van der Waals surface area contributed by atoms with Gasteiger partial charge in [0.15, 0.2) is 6.10 Å². The summed E-state index contributed by atoms with van der Waals surface area (Å²) in [7, 11) is 3.25. The highest BCUT2D eigenvalue weighted by atomic mass is 16.5. The van der Waals surface area contributed by atoms with Gasteiger partial charge in [0.25, 0.3) is 5.91 Å². The number of carbonyl (C=O) groups is 2. The zero-order chi connectivity index (χ0) is 13.1. The highest BCUT2D eigenvalue weighted by Gasteiger charge is 2.39. The van der Waals surface area contributed by atoms with Gasteiger partial charge in [0.2, 0.25) is 5.91 Å². The third-order valence-electron chi connectivity index (χ3n) is 3.13. The number of hydrogen-bond acceptors (Lipinski definition) is 3.